The van der Waals surface area contributed by atoms with Crippen LogP contribution in [0.5, 0.6) is 0 Å². The van der Waals surface area contributed by atoms with Crippen LogP contribution in [0.2, 0.25) is 0 Å². The van der Waals surface area contributed by atoms with Crippen molar-refractivity contribution in [2.24, 2.45) is 0 Å². The maximum atomic E-state index is 9.46. The maximum absolute atomic E-state index is 9.46. The largest absolute Gasteiger partial charge is 0.472 e. The first kappa shape index (κ1) is 16.8. The summed E-state index contributed by atoms with van der Waals surface area (Å²) in [6.07, 6.45) is 11.7. The molecular weight excluding hydrogens is 340 g/mol. The van der Waals surface area contributed by atoms with Gasteiger partial charge in [0, 0.05) is 16.5 Å². The molecule has 0 N–H and O–H groups in total. The molecule has 0 saturated heterocycles. The molecule has 2 aromatic heterocycles. The zero-order chi connectivity index (χ0) is 17.8. The molecule has 2 heterocycles. The fraction of sp³-hybridized carbons (Fsp3) is 0.273. The summed E-state index contributed by atoms with van der Waals surface area (Å²) in [5.41, 5.74) is 4.90. The first-order valence-corrected chi connectivity index (χ1v) is 9.91. The van der Waals surface area contributed by atoms with Crippen molar-refractivity contribution in [3.63, 3.8) is 0 Å². The van der Waals surface area contributed by atoms with Crippen LogP contribution in [0.15, 0.2) is 52.7 Å². The summed E-state index contributed by atoms with van der Waals surface area (Å²) in [5, 5.41) is 12.2. The average Bonchev–Trinajstić information content (AvgIpc) is 3.39. The molecule has 0 aliphatic heterocycles. The SMILES string of the molecule is N#CC(=Cc1ccoc1)c1nc(-c2ccc(C3CCCCC3)cc2)cs1. The highest BCUT2D eigenvalue weighted by Crippen LogP contribution is 2.34. The van der Waals surface area contributed by atoms with Gasteiger partial charge in [-0.05, 0) is 36.5 Å². The summed E-state index contributed by atoms with van der Waals surface area (Å²) in [5.74, 6) is 0.715. The molecule has 0 bridgehead atoms. The van der Waals surface area contributed by atoms with Crippen molar-refractivity contribution in [1.29, 1.82) is 5.26 Å². The highest BCUT2D eigenvalue weighted by Gasteiger charge is 2.16. The van der Waals surface area contributed by atoms with Gasteiger partial charge in [0.25, 0.3) is 0 Å². The Morgan fingerprint density at radius 2 is 1.96 bits per heavy atom. The van der Waals surface area contributed by atoms with E-state index >= 15 is 0 Å². The highest BCUT2D eigenvalue weighted by molar-refractivity contribution is 7.11. The highest BCUT2D eigenvalue weighted by atomic mass is 32.1. The van der Waals surface area contributed by atoms with Crippen molar-refractivity contribution in [3.05, 3.63) is 64.4 Å². The smallest absolute Gasteiger partial charge is 0.134 e. The van der Waals surface area contributed by atoms with E-state index in [0.29, 0.717) is 11.5 Å². The minimum atomic E-state index is 0.557. The monoisotopic (exact) mass is 360 g/mol. The minimum Gasteiger partial charge on any atom is -0.472 e. The molecule has 0 spiro atoms. The summed E-state index contributed by atoms with van der Waals surface area (Å²) in [7, 11) is 0. The zero-order valence-corrected chi connectivity index (χ0v) is 15.3. The van der Waals surface area contributed by atoms with E-state index in [1.54, 1.807) is 18.6 Å². The lowest BCUT2D eigenvalue weighted by Gasteiger charge is -2.22. The second-order valence-corrected chi connectivity index (χ2v) is 7.58. The Morgan fingerprint density at radius 1 is 1.15 bits per heavy atom. The normalized spacial score (nSPS) is 15.7. The van der Waals surface area contributed by atoms with Crippen LogP contribution in [0.4, 0.5) is 0 Å². The first-order valence-electron chi connectivity index (χ1n) is 9.04. The van der Waals surface area contributed by atoms with Gasteiger partial charge in [0.2, 0.25) is 0 Å². The minimum absolute atomic E-state index is 0.557. The van der Waals surface area contributed by atoms with Gasteiger partial charge in [-0.3, -0.25) is 0 Å². The van der Waals surface area contributed by atoms with Crippen molar-refractivity contribution in [1.82, 2.24) is 4.98 Å². The predicted molar refractivity (Wildman–Crippen MR) is 106 cm³/mol. The fourth-order valence-electron chi connectivity index (χ4n) is 3.56. The molecule has 0 radical (unpaired) electrons. The predicted octanol–water partition coefficient (Wildman–Crippen LogP) is 6.51. The standard InChI is InChI=1S/C22H20N2OS/c23-13-20(12-16-10-11-25-14-16)22-24-21(15-26-22)19-8-6-18(7-9-19)17-4-2-1-3-5-17/h6-12,14-15,17H,1-5H2. The second kappa shape index (κ2) is 7.72. The molecule has 26 heavy (non-hydrogen) atoms. The molecule has 0 unspecified atom stereocenters. The molecule has 1 aliphatic carbocycles. The molecule has 4 heteroatoms. The topological polar surface area (TPSA) is 49.8 Å². The summed E-state index contributed by atoms with van der Waals surface area (Å²) >= 11 is 1.50. The molecule has 4 rings (SSSR count). The van der Waals surface area contributed by atoms with E-state index in [-0.39, 0.29) is 0 Å². The quantitative estimate of drug-likeness (QED) is 0.498. The van der Waals surface area contributed by atoms with Crippen molar-refractivity contribution in [3.8, 4) is 17.3 Å². The summed E-state index contributed by atoms with van der Waals surface area (Å²) in [4.78, 5) is 4.67. The zero-order valence-electron chi connectivity index (χ0n) is 14.5. The Morgan fingerprint density at radius 3 is 2.65 bits per heavy atom. The Kier molecular flexibility index (Phi) is 4.99. The van der Waals surface area contributed by atoms with Crippen molar-refractivity contribution in [2.75, 3.05) is 0 Å². The van der Waals surface area contributed by atoms with Crippen LogP contribution in [0.3, 0.4) is 0 Å². The lowest BCUT2D eigenvalue weighted by molar-refractivity contribution is 0.443. The third-order valence-electron chi connectivity index (χ3n) is 4.99. The van der Waals surface area contributed by atoms with Crippen LogP contribution in [-0.2, 0) is 0 Å². The average molecular weight is 360 g/mol. The van der Waals surface area contributed by atoms with E-state index in [9.17, 15) is 5.26 Å². The van der Waals surface area contributed by atoms with Crippen LogP contribution in [0.1, 0.15) is 54.2 Å². The molecule has 1 saturated carbocycles. The number of benzene rings is 1. The van der Waals surface area contributed by atoms with Crippen LogP contribution in [-0.4, -0.2) is 4.98 Å². The number of hydrogen-bond acceptors (Lipinski definition) is 4. The van der Waals surface area contributed by atoms with Gasteiger partial charge in [-0.25, -0.2) is 4.98 Å². The fourth-order valence-corrected chi connectivity index (χ4v) is 4.35. The molecule has 3 aromatic rings. The number of nitriles is 1. The van der Waals surface area contributed by atoms with E-state index in [4.69, 9.17) is 4.42 Å². The Labute approximate surface area is 157 Å². The third kappa shape index (κ3) is 3.63. The number of allylic oxidation sites excluding steroid dienone is 1. The van der Waals surface area contributed by atoms with Crippen LogP contribution >= 0.6 is 11.3 Å². The van der Waals surface area contributed by atoms with Gasteiger partial charge in [0.15, 0.2) is 0 Å². The molecule has 1 aliphatic rings. The summed E-state index contributed by atoms with van der Waals surface area (Å²) < 4.78 is 5.06. The molecular formula is C22H20N2OS. The number of hydrogen-bond donors (Lipinski definition) is 0. The molecule has 0 atom stereocenters. The lowest BCUT2D eigenvalue weighted by atomic mass is 9.84. The van der Waals surface area contributed by atoms with Gasteiger partial charge in [-0.15, -0.1) is 11.3 Å². The maximum Gasteiger partial charge on any atom is 0.134 e. The van der Waals surface area contributed by atoms with Gasteiger partial charge in [0.1, 0.15) is 11.1 Å². The van der Waals surface area contributed by atoms with Crippen molar-refractivity contribution in [2.45, 2.75) is 38.0 Å². The first-order chi connectivity index (χ1) is 12.8. The number of nitrogens with zero attached hydrogens (tertiary/aromatic N) is 2. The van der Waals surface area contributed by atoms with Gasteiger partial charge >= 0.3 is 0 Å². The lowest BCUT2D eigenvalue weighted by Crippen LogP contribution is -2.04. The van der Waals surface area contributed by atoms with Crippen LogP contribution < -0.4 is 0 Å². The van der Waals surface area contributed by atoms with E-state index in [2.05, 4.69) is 35.3 Å². The molecule has 130 valence electrons. The number of thiazole rings is 1. The summed E-state index contributed by atoms with van der Waals surface area (Å²) in [6, 6.07) is 12.9. The number of rotatable bonds is 4. The van der Waals surface area contributed by atoms with Gasteiger partial charge in [-0.1, -0.05) is 43.5 Å². The number of furan rings is 1. The second-order valence-electron chi connectivity index (χ2n) is 6.72. The molecule has 1 fully saturated rings. The molecule has 0 amide bonds. The van der Waals surface area contributed by atoms with E-state index in [1.807, 2.05) is 11.4 Å². The van der Waals surface area contributed by atoms with E-state index in [0.717, 1.165) is 21.8 Å². The van der Waals surface area contributed by atoms with Crippen molar-refractivity contribution >= 4 is 23.0 Å². The molecule has 3 nitrogen and oxygen atoms in total. The number of aromatic nitrogens is 1. The molecule has 1 aromatic carbocycles. The Bertz CT molecular complexity index is 923. The Balaban J connectivity index is 1.55. The van der Waals surface area contributed by atoms with Gasteiger partial charge in [0.05, 0.1) is 23.8 Å². The Hall–Kier alpha value is -2.64. The van der Waals surface area contributed by atoms with Gasteiger partial charge in [-0.2, -0.15) is 5.26 Å². The van der Waals surface area contributed by atoms with Gasteiger partial charge < -0.3 is 4.42 Å². The van der Waals surface area contributed by atoms with Crippen molar-refractivity contribution < 1.29 is 4.42 Å². The third-order valence-corrected chi connectivity index (χ3v) is 5.87. The summed E-state index contributed by atoms with van der Waals surface area (Å²) in [6.45, 7) is 0. The van der Waals surface area contributed by atoms with E-state index < -0.39 is 0 Å². The van der Waals surface area contributed by atoms with Crippen LogP contribution in [0, 0.1) is 11.3 Å². The van der Waals surface area contributed by atoms with E-state index in [1.165, 1.54) is 49.0 Å². The van der Waals surface area contributed by atoms with Crippen LogP contribution in [0.25, 0.3) is 22.9 Å².